The van der Waals surface area contributed by atoms with Gasteiger partial charge in [0, 0.05) is 24.8 Å². The summed E-state index contributed by atoms with van der Waals surface area (Å²) in [5.41, 5.74) is 4.28. The third-order valence-electron chi connectivity index (χ3n) is 5.55. The Morgan fingerprint density at radius 3 is 2.48 bits per heavy atom. The Kier molecular flexibility index (Phi) is 5.58. The van der Waals surface area contributed by atoms with Gasteiger partial charge >= 0.3 is 0 Å². The van der Waals surface area contributed by atoms with Crippen LogP contribution < -0.4 is 5.01 Å². The number of carbonyl (C=O) groups is 2. The molecule has 2 aliphatic rings. The minimum absolute atomic E-state index is 0.0175. The molecule has 0 radical (unpaired) electrons. The van der Waals surface area contributed by atoms with Crippen molar-refractivity contribution in [3.8, 4) is 0 Å². The molecule has 152 valence electrons. The summed E-state index contributed by atoms with van der Waals surface area (Å²) in [4.78, 5) is 26.6. The molecule has 29 heavy (non-hydrogen) atoms. The third-order valence-corrected chi connectivity index (χ3v) is 6.61. The smallest absolute Gasteiger partial charge is 0.246 e. The summed E-state index contributed by atoms with van der Waals surface area (Å²) < 4.78 is 1.79. The number of nitrogens with zero attached hydrogens (tertiary/aromatic N) is 4. The number of allylic oxidation sites excluding steroid dienone is 1. The molecule has 0 N–H and O–H groups in total. The molecule has 2 heterocycles. The number of Topliss-reactive ketones (excluding diaryl/α,β-unsaturated/α-hetero) is 1. The van der Waals surface area contributed by atoms with Crippen molar-refractivity contribution in [3.05, 3.63) is 45.6 Å². The highest BCUT2D eigenvalue weighted by Crippen LogP contribution is 2.41. The van der Waals surface area contributed by atoms with Crippen LogP contribution >= 0.6 is 11.8 Å². The van der Waals surface area contributed by atoms with E-state index in [1.807, 2.05) is 20.8 Å². The Labute approximate surface area is 175 Å². The van der Waals surface area contributed by atoms with Crippen molar-refractivity contribution in [3.63, 3.8) is 0 Å². The molecule has 4 rings (SSSR count). The number of benzene rings is 1. The maximum atomic E-state index is 13.1. The van der Waals surface area contributed by atoms with E-state index in [1.165, 1.54) is 35.7 Å². The van der Waals surface area contributed by atoms with Crippen LogP contribution in [0.4, 0.5) is 0 Å². The lowest BCUT2D eigenvalue weighted by Gasteiger charge is -2.33. The number of carbonyl (C=O) groups excluding carboxylic acids is 2. The zero-order valence-corrected chi connectivity index (χ0v) is 18.0. The van der Waals surface area contributed by atoms with Gasteiger partial charge in [-0.25, -0.2) is 9.69 Å². The second kappa shape index (κ2) is 8.14. The van der Waals surface area contributed by atoms with Crippen molar-refractivity contribution in [2.75, 3.05) is 5.01 Å². The maximum absolute atomic E-state index is 13.1. The van der Waals surface area contributed by atoms with Crippen LogP contribution in [0.1, 0.15) is 69.0 Å². The first kappa shape index (κ1) is 19.9. The second-order valence-corrected chi connectivity index (χ2v) is 8.35. The quantitative estimate of drug-likeness (QED) is 0.744. The van der Waals surface area contributed by atoms with Crippen molar-refractivity contribution < 1.29 is 9.59 Å². The lowest BCUT2D eigenvalue weighted by Crippen LogP contribution is -2.43. The number of fused-ring (bicyclic) bond motifs is 2. The van der Waals surface area contributed by atoms with E-state index in [0.717, 1.165) is 18.4 Å². The van der Waals surface area contributed by atoms with Crippen LogP contribution in [0.5, 0.6) is 0 Å². The molecule has 7 heteroatoms. The molecule has 1 aliphatic carbocycles. The van der Waals surface area contributed by atoms with Crippen LogP contribution in [0.25, 0.3) is 5.70 Å². The average Bonchev–Trinajstić information content (AvgIpc) is 3.19. The van der Waals surface area contributed by atoms with E-state index in [2.05, 4.69) is 28.4 Å². The van der Waals surface area contributed by atoms with Gasteiger partial charge in [-0.1, -0.05) is 32.9 Å². The lowest BCUT2D eigenvalue weighted by molar-refractivity contribution is -0.119. The van der Waals surface area contributed by atoms with Crippen LogP contribution in [0.15, 0.2) is 28.3 Å². The van der Waals surface area contributed by atoms with E-state index < -0.39 is 0 Å². The summed E-state index contributed by atoms with van der Waals surface area (Å²) in [7, 11) is 0. The van der Waals surface area contributed by atoms with Gasteiger partial charge in [0.05, 0.1) is 10.6 Å². The van der Waals surface area contributed by atoms with E-state index in [-0.39, 0.29) is 11.7 Å². The van der Waals surface area contributed by atoms with E-state index in [9.17, 15) is 9.59 Å². The van der Waals surface area contributed by atoms with E-state index >= 15 is 0 Å². The minimum atomic E-state index is -0.0739. The van der Waals surface area contributed by atoms with Gasteiger partial charge in [-0.2, -0.15) is 0 Å². The van der Waals surface area contributed by atoms with Gasteiger partial charge in [-0.3, -0.25) is 9.59 Å². The molecule has 0 atom stereocenters. The number of aryl methyl sites for hydroxylation is 3. The fourth-order valence-corrected chi connectivity index (χ4v) is 5.08. The Morgan fingerprint density at radius 1 is 1.03 bits per heavy atom. The lowest BCUT2D eigenvalue weighted by atomic mass is 9.89. The molecule has 1 aromatic carbocycles. The highest BCUT2D eigenvalue weighted by molar-refractivity contribution is 8.04. The number of hydrogen-bond donors (Lipinski definition) is 0. The summed E-state index contributed by atoms with van der Waals surface area (Å²) in [6, 6.07) is 6.39. The van der Waals surface area contributed by atoms with Gasteiger partial charge in [0.15, 0.2) is 11.6 Å². The monoisotopic (exact) mass is 410 g/mol. The molecule has 6 nitrogen and oxygen atoms in total. The van der Waals surface area contributed by atoms with Gasteiger partial charge in [0.1, 0.15) is 0 Å². The standard InChI is InChI=1S/C22H26N4O2S/c1-4-17(27)21-20(16-12-11-14-9-7-8-10-15(14)13-16)26(19(28)6-3)25-18(5-2)23-24-22(25)29-21/h11-13H,4-10H2,1-3H3. The summed E-state index contributed by atoms with van der Waals surface area (Å²) >= 11 is 1.32. The van der Waals surface area contributed by atoms with Gasteiger partial charge in [-0.05, 0) is 54.6 Å². The predicted octanol–water partition coefficient (Wildman–Crippen LogP) is 4.05. The topological polar surface area (TPSA) is 68.1 Å². The fraction of sp³-hybridized carbons (Fsp3) is 0.455. The molecular weight excluding hydrogens is 384 g/mol. The Balaban J connectivity index is 1.95. The molecule has 0 fully saturated rings. The normalized spacial score (nSPS) is 15.9. The highest BCUT2D eigenvalue weighted by Gasteiger charge is 2.36. The summed E-state index contributed by atoms with van der Waals surface area (Å²) in [5, 5.41) is 10.7. The molecule has 2 aromatic rings. The average molecular weight is 411 g/mol. The predicted molar refractivity (Wildman–Crippen MR) is 114 cm³/mol. The molecule has 0 unspecified atom stereocenters. The van der Waals surface area contributed by atoms with Crippen molar-refractivity contribution in [1.29, 1.82) is 0 Å². The molecule has 1 amide bonds. The van der Waals surface area contributed by atoms with Gasteiger partial charge in [-0.15, -0.1) is 10.2 Å². The number of aromatic nitrogens is 3. The zero-order valence-electron chi connectivity index (χ0n) is 17.2. The van der Waals surface area contributed by atoms with Gasteiger partial charge < -0.3 is 0 Å². The Hall–Kier alpha value is -2.41. The van der Waals surface area contributed by atoms with Crippen LogP contribution in [0.3, 0.4) is 0 Å². The van der Waals surface area contributed by atoms with Crippen molar-refractivity contribution >= 4 is 29.1 Å². The largest absolute Gasteiger partial charge is 0.294 e. The van der Waals surface area contributed by atoms with Crippen LogP contribution in [-0.2, 0) is 28.9 Å². The number of amides is 1. The number of ketones is 1. The third kappa shape index (κ3) is 3.41. The first-order valence-electron chi connectivity index (χ1n) is 10.4. The molecular formula is C22H26N4O2S. The van der Waals surface area contributed by atoms with E-state index in [1.54, 1.807) is 9.69 Å². The zero-order chi connectivity index (χ0) is 20.5. The number of thioether (sulfide) groups is 1. The van der Waals surface area contributed by atoms with E-state index in [0.29, 0.717) is 40.8 Å². The van der Waals surface area contributed by atoms with Gasteiger partial charge in [0.2, 0.25) is 11.1 Å². The van der Waals surface area contributed by atoms with Crippen molar-refractivity contribution in [2.24, 2.45) is 0 Å². The maximum Gasteiger partial charge on any atom is 0.246 e. The number of hydrogen-bond acceptors (Lipinski definition) is 5. The SMILES string of the molecule is CCC(=O)C1=C(c2ccc3c(c2)CCCC3)N(C(=O)CC)n2c(CC)nnc2S1. The summed E-state index contributed by atoms with van der Waals surface area (Å²) in [6.45, 7) is 5.68. The molecule has 0 spiro atoms. The van der Waals surface area contributed by atoms with E-state index in [4.69, 9.17) is 0 Å². The second-order valence-electron chi connectivity index (χ2n) is 7.37. The molecule has 0 saturated heterocycles. The molecule has 0 bridgehead atoms. The molecule has 0 saturated carbocycles. The summed E-state index contributed by atoms with van der Waals surface area (Å²) in [6.07, 6.45) is 5.88. The first-order valence-corrected chi connectivity index (χ1v) is 11.3. The molecule has 1 aliphatic heterocycles. The van der Waals surface area contributed by atoms with Crippen molar-refractivity contribution in [2.45, 2.75) is 70.9 Å². The fourth-order valence-electron chi connectivity index (χ4n) is 3.99. The van der Waals surface area contributed by atoms with Crippen LogP contribution in [0.2, 0.25) is 0 Å². The minimum Gasteiger partial charge on any atom is -0.294 e. The first-order chi connectivity index (χ1) is 14.1. The Morgan fingerprint density at radius 2 is 1.79 bits per heavy atom. The summed E-state index contributed by atoms with van der Waals surface area (Å²) in [5.74, 6) is 0.659. The molecule has 1 aromatic heterocycles. The van der Waals surface area contributed by atoms with Crippen molar-refractivity contribution in [1.82, 2.24) is 14.9 Å². The van der Waals surface area contributed by atoms with Crippen LogP contribution in [-0.4, -0.2) is 26.6 Å². The van der Waals surface area contributed by atoms with Gasteiger partial charge in [0.25, 0.3) is 0 Å². The number of rotatable bonds is 5. The van der Waals surface area contributed by atoms with Crippen LogP contribution in [0, 0.1) is 0 Å². The highest BCUT2D eigenvalue weighted by atomic mass is 32.2. The Bertz CT molecular complexity index is 1010.